The van der Waals surface area contributed by atoms with Gasteiger partial charge in [-0.05, 0) is 73.3 Å². The molecule has 4 fully saturated rings. The van der Waals surface area contributed by atoms with Crippen LogP contribution in [-0.4, -0.2) is 62.7 Å². The van der Waals surface area contributed by atoms with Crippen LogP contribution in [0.25, 0.3) is 0 Å². The summed E-state index contributed by atoms with van der Waals surface area (Å²) >= 11 is 0. The van der Waals surface area contributed by atoms with Crippen molar-refractivity contribution in [2.24, 2.45) is 0 Å². The van der Waals surface area contributed by atoms with Crippen LogP contribution in [0.4, 0.5) is 11.5 Å². The van der Waals surface area contributed by atoms with E-state index in [-0.39, 0.29) is 17.2 Å². The second kappa shape index (κ2) is 8.52. The lowest BCUT2D eigenvalue weighted by atomic mass is 10.0. The molecule has 0 bridgehead atoms. The normalized spacial score (nSPS) is 21.7. The molecule has 9 heteroatoms. The fraction of sp³-hybridized carbons (Fsp3) is 0.500. The van der Waals surface area contributed by atoms with Gasteiger partial charge in [0.25, 0.3) is 5.91 Å². The third kappa shape index (κ3) is 4.25. The van der Waals surface area contributed by atoms with Crippen molar-refractivity contribution < 1.29 is 13.2 Å². The number of benzene rings is 1. The number of aromatic nitrogens is 1. The maximum absolute atomic E-state index is 13.3. The Morgan fingerprint density at radius 3 is 2.37 bits per heavy atom. The van der Waals surface area contributed by atoms with E-state index in [0.29, 0.717) is 62.2 Å². The highest BCUT2D eigenvalue weighted by molar-refractivity contribution is 7.93. The molecule has 182 valence electrons. The second-order valence-corrected chi connectivity index (χ2v) is 12.1. The number of carbonyl (C=O) groups excluding carboxylic acids is 1. The van der Waals surface area contributed by atoms with E-state index in [0.717, 1.165) is 5.82 Å². The van der Waals surface area contributed by atoms with E-state index in [1.165, 1.54) is 47.2 Å². The highest BCUT2D eigenvalue weighted by Gasteiger charge is 2.34. The molecule has 6 rings (SSSR count). The standard InChI is InChI=1S/C26H29N5O3S/c27-16-20-14-22(31-8-1-13-35(31,33)34)6-7-23(20)26(32)30-11-9-29(10-12-30)25-24(19-4-5-19)15-21(17-28-25)18-2-3-18/h6-7,14-15,17-19H,1-5,8-13H2. The fourth-order valence-electron chi connectivity index (χ4n) is 5.28. The summed E-state index contributed by atoms with van der Waals surface area (Å²) in [6, 6.07) is 9.23. The number of pyridine rings is 1. The number of carbonyl (C=O) groups is 1. The summed E-state index contributed by atoms with van der Waals surface area (Å²) in [6.07, 6.45) is 7.60. The molecule has 4 aliphatic rings. The molecule has 1 aromatic heterocycles. The van der Waals surface area contributed by atoms with Crippen LogP contribution in [0.1, 0.15) is 71.0 Å². The minimum Gasteiger partial charge on any atom is -0.353 e. The van der Waals surface area contributed by atoms with Gasteiger partial charge in [-0.3, -0.25) is 9.10 Å². The van der Waals surface area contributed by atoms with Gasteiger partial charge in [-0.25, -0.2) is 13.4 Å². The Morgan fingerprint density at radius 1 is 1.00 bits per heavy atom. The Morgan fingerprint density at radius 2 is 1.74 bits per heavy atom. The Balaban J connectivity index is 1.17. The molecule has 2 aliphatic heterocycles. The number of rotatable bonds is 5. The van der Waals surface area contributed by atoms with Gasteiger partial charge in [0.1, 0.15) is 11.9 Å². The lowest BCUT2D eigenvalue weighted by Crippen LogP contribution is -2.49. The molecule has 0 unspecified atom stereocenters. The van der Waals surface area contributed by atoms with Crippen molar-refractivity contribution in [1.82, 2.24) is 9.88 Å². The molecule has 2 saturated carbocycles. The molecule has 0 N–H and O–H groups in total. The first-order chi connectivity index (χ1) is 16.9. The number of sulfonamides is 1. The van der Waals surface area contributed by atoms with Gasteiger partial charge in [-0.15, -0.1) is 0 Å². The molecular formula is C26H29N5O3S. The maximum atomic E-state index is 13.3. The predicted molar refractivity (Wildman–Crippen MR) is 133 cm³/mol. The van der Waals surface area contributed by atoms with E-state index in [4.69, 9.17) is 4.98 Å². The first-order valence-electron chi connectivity index (χ1n) is 12.5. The number of hydrogen-bond acceptors (Lipinski definition) is 6. The quantitative estimate of drug-likeness (QED) is 0.637. The fourth-order valence-corrected chi connectivity index (χ4v) is 6.83. The summed E-state index contributed by atoms with van der Waals surface area (Å²) in [5.74, 6) is 2.30. The number of piperazine rings is 1. The SMILES string of the molecule is N#Cc1cc(N2CCCS2(=O)=O)ccc1C(=O)N1CCN(c2ncc(C3CC3)cc2C2CC2)CC1. The zero-order valence-corrected chi connectivity index (χ0v) is 20.5. The lowest BCUT2D eigenvalue weighted by molar-refractivity contribution is 0.0746. The Labute approximate surface area is 206 Å². The minimum atomic E-state index is -3.34. The van der Waals surface area contributed by atoms with Crippen molar-refractivity contribution in [3.05, 3.63) is 52.7 Å². The van der Waals surface area contributed by atoms with Crippen LogP contribution in [0.2, 0.25) is 0 Å². The zero-order valence-electron chi connectivity index (χ0n) is 19.7. The van der Waals surface area contributed by atoms with Crippen molar-refractivity contribution in [1.29, 1.82) is 5.26 Å². The average molecular weight is 492 g/mol. The van der Waals surface area contributed by atoms with Crippen LogP contribution in [0.15, 0.2) is 30.5 Å². The summed E-state index contributed by atoms with van der Waals surface area (Å²) in [6.45, 7) is 2.92. The van der Waals surface area contributed by atoms with Gasteiger partial charge in [0, 0.05) is 38.9 Å². The highest BCUT2D eigenvalue weighted by atomic mass is 32.2. The molecule has 2 aliphatic carbocycles. The molecule has 0 atom stereocenters. The van der Waals surface area contributed by atoms with Crippen LogP contribution in [0.3, 0.4) is 0 Å². The first-order valence-corrected chi connectivity index (χ1v) is 14.1. The van der Waals surface area contributed by atoms with Gasteiger partial charge in [-0.1, -0.05) is 6.07 Å². The van der Waals surface area contributed by atoms with Crippen LogP contribution < -0.4 is 9.21 Å². The van der Waals surface area contributed by atoms with Crippen molar-refractivity contribution >= 4 is 27.4 Å². The lowest BCUT2D eigenvalue weighted by Gasteiger charge is -2.36. The van der Waals surface area contributed by atoms with Gasteiger partial charge in [0.05, 0.1) is 22.6 Å². The van der Waals surface area contributed by atoms with Gasteiger partial charge in [0.15, 0.2) is 0 Å². The Hall–Kier alpha value is -3.12. The molecule has 0 spiro atoms. The van der Waals surface area contributed by atoms with Crippen molar-refractivity contribution in [3.8, 4) is 6.07 Å². The second-order valence-electron chi connectivity index (χ2n) is 10.1. The first kappa shape index (κ1) is 22.4. The predicted octanol–water partition coefficient (Wildman–Crippen LogP) is 3.21. The Kier molecular flexibility index (Phi) is 5.44. The molecule has 0 radical (unpaired) electrons. The van der Waals surface area contributed by atoms with E-state index >= 15 is 0 Å². The van der Waals surface area contributed by atoms with Crippen LogP contribution in [0.5, 0.6) is 0 Å². The van der Waals surface area contributed by atoms with Gasteiger partial charge < -0.3 is 9.80 Å². The van der Waals surface area contributed by atoms with E-state index in [1.54, 1.807) is 17.0 Å². The van der Waals surface area contributed by atoms with E-state index in [2.05, 4.69) is 17.0 Å². The minimum absolute atomic E-state index is 0.112. The van der Waals surface area contributed by atoms with Crippen LogP contribution >= 0.6 is 0 Å². The van der Waals surface area contributed by atoms with E-state index in [9.17, 15) is 18.5 Å². The number of hydrogen-bond donors (Lipinski definition) is 0. The molecule has 3 heterocycles. The van der Waals surface area contributed by atoms with Gasteiger partial charge in [-0.2, -0.15) is 5.26 Å². The van der Waals surface area contributed by atoms with Gasteiger partial charge in [0.2, 0.25) is 10.0 Å². The van der Waals surface area contributed by atoms with Crippen molar-refractivity contribution in [3.63, 3.8) is 0 Å². The van der Waals surface area contributed by atoms with Crippen molar-refractivity contribution in [2.75, 3.05) is 47.7 Å². The third-order valence-corrected chi connectivity index (χ3v) is 9.46. The molecule has 8 nitrogen and oxygen atoms in total. The number of anilines is 2. The van der Waals surface area contributed by atoms with Crippen molar-refractivity contribution in [2.45, 2.75) is 43.9 Å². The molecule has 1 aromatic carbocycles. The summed E-state index contributed by atoms with van der Waals surface area (Å²) in [4.78, 5) is 22.2. The highest BCUT2D eigenvalue weighted by Crippen LogP contribution is 2.47. The monoisotopic (exact) mass is 491 g/mol. The Bertz CT molecular complexity index is 1320. The zero-order chi connectivity index (χ0) is 24.2. The maximum Gasteiger partial charge on any atom is 0.255 e. The van der Waals surface area contributed by atoms with E-state index in [1.807, 2.05) is 6.20 Å². The van der Waals surface area contributed by atoms with Crippen LogP contribution in [0, 0.1) is 11.3 Å². The summed E-state index contributed by atoms with van der Waals surface area (Å²) < 4.78 is 25.9. The smallest absolute Gasteiger partial charge is 0.255 e. The number of nitriles is 1. The summed E-state index contributed by atoms with van der Waals surface area (Å²) in [5.41, 5.74) is 3.73. The third-order valence-electron chi connectivity index (χ3n) is 7.59. The summed E-state index contributed by atoms with van der Waals surface area (Å²) in [5, 5.41) is 9.70. The number of amides is 1. The average Bonchev–Trinajstić information content (AvgIpc) is 3.80. The topological polar surface area (TPSA) is 97.6 Å². The molecule has 1 amide bonds. The van der Waals surface area contributed by atoms with Gasteiger partial charge >= 0.3 is 0 Å². The molecule has 35 heavy (non-hydrogen) atoms. The van der Waals surface area contributed by atoms with Crippen LogP contribution in [-0.2, 0) is 10.0 Å². The molecule has 2 saturated heterocycles. The number of nitrogens with zero attached hydrogens (tertiary/aromatic N) is 5. The molecule has 2 aromatic rings. The van der Waals surface area contributed by atoms with E-state index < -0.39 is 10.0 Å². The molecular weight excluding hydrogens is 462 g/mol. The summed E-state index contributed by atoms with van der Waals surface area (Å²) in [7, 11) is -3.34. The largest absolute Gasteiger partial charge is 0.353 e.